The van der Waals surface area contributed by atoms with Crippen molar-refractivity contribution in [1.29, 1.82) is 0 Å². The van der Waals surface area contributed by atoms with Gasteiger partial charge < -0.3 is 24.9 Å². The van der Waals surface area contributed by atoms with Gasteiger partial charge >= 0.3 is 5.82 Å². The standard InChI is InChI=1S/C19H16N4O7/c1-9(17(25)11-3-4-13-12(7-11)20-16(24)8-29-13)22-18-14(30-10(2)19(22)26)5-6-15(21-18)23(27)28/h3-7,9-10H,8H2,1-2H3,(H,20,24). The van der Waals surface area contributed by atoms with Crippen LogP contribution in [0.1, 0.15) is 24.2 Å². The van der Waals surface area contributed by atoms with Crippen LogP contribution >= 0.6 is 0 Å². The second-order valence-electron chi connectivity index (χ2n) is 6.80. The highest BCUT2D eigenvalue weighted by atomic mass is 16.6. The molecular formula is C19H16N4O7. The van der Waals surface area contributed by atoms with E-state index < -0.39 is 34.6 Å². The van der Waals surface area contributed by atoms with E-state index in [4.69, 9.17) is 9.47 Å². The van der Waals surface area contributed by atoms with Gasteiger partial charge in [0.1, 0.15) is 11.8 Å². The number of ketones is 1. The van der Waals surface area contributed by atoms with E-state index in [1.54, 1.807) is 6.07 Å². The predicted molar refractivity (Wildman–Crippen MR) is 103 cm³/mol. The molecule has 0 spiro atoms. The smallest absolute Gasteiger partial charge is 0.366 e. The van der Waals surface area contributed by atoms with Crippen LogP contribution in [0.2, 0.25) is 0 Å². The second-order valence-corrected chi connectivity index (χ2v) is 6.80. The molecule has 1 aromatic heterocycles. The number of ether oxygens (including phenoxy) is 2. The highest BCUT2D eigenvalue weighted by Gasteiger charge is 2.41. The van der Waals surface area contributed by atoms with Crippen LogP contribution < -0.4 is 19.7 Å². The summed E-state index contributed by atoms with van der Waals surface area (Å²) in [5.41, 5.74) is 0.575. The van der Waals surface area contributed by atoms with Gasteiger partial charge in [-0.1, -0.05) is 0 Å². The molecule has 11 heteroatoms. The van der Waals surface area contributed by atoms with Crippen LogP contribution in [0, 0.1) is 10.1 Å². The number of nitro groups is 1. The molecule has 11 nitrogen and oxygen atoms in total. The first kappa shape index (κ1) is 19.3. The maximum atomic E-state index is 13.1. The van der Waals surface area contributed by atoms with Gasteiger partial charge in [0, 0.05) is 11.6 Å². The molecule has 1 aromatic carbocycles. The monoisotopic (exact) mass is 412 g/mol. The number of fused-ring (bicyclic) bond motifs is 2. The van der Waals surface area contributed by atoms with E-state index in [1.807, 2.05) is 0 Å². The van der Waals surface area contributed by atoms with Crippen molar-refractivity contribution in [2.24, 2.45) is 0 Å². The SMILES string of the molecule is CC1Oc2ccc([N+](=O)[O-])nc2N(C(C)C(=O)c2ccc3c(c2)NC(=O)CO3)C1=O. The minimum atomic E-state index is -1.03. The van der Waals surface area contributed by atoms with E-state index in [1.165, 1.54) is 32.0 Å². The Hall–Kier alpha value is -4.02. The first-order chi connectivity index (χ1) is 14.3. The molecule has 3 heterocycles. The molecule has 2 unspecified atom stereocenters. The summed E-state index contributed by atoms with van der Waals surface area (Å²) in [6, 6.07) is 6.01. The lowest BCUT2D eigenvalue weighted by molar-refractivity contribution is -0.389. The molecule has 30 heavy (non-hydrogen) atoms. The number of pyridine rings is 1. The Balaban J connectivity index is 1.71. The number of benzene rings is 1. The lowest BCUT2D eigenvalue weighted by Gasteiger charge is -2.33. The van der Waals surface area contributed by atoms with Gasteiger partial charge in [-0.2, -0.15) is 0 Å². The van der Waals surface area contributed by atoms with E-state index in [9.17, 15) is 24.5 Å². The minimum Gasteiger partial charge on any atom is -0.482 e. The molecule has 2 amide bonds. The maximum Gasteiger partial charge on any atom is 0.366 e. The van der Waals surface area contributed by atoms with Crippen molar-refractivity contribution in [2.45, 2.75) is 26.0 Å². The van der Waals surface area contributed by atoms with Crippen LogP contribution in [0.3, 0.4) is 0 Å². The molecule has 2 aromatic rings. The van der Waals surface area contributed by atoms with Crippen molar-refractivity contribution >= 4 is 34.9 Å². The number of rotatable bonds is 4. The van der Waals surface area contributed by atoms with E-state index >= 15 is 0 Å². The summed E-state index contributed by atoms with van der Waals surface area (Å²) in [5, 5.41) is 13.7. The van der Waals surface area contributed by atoms with Gasteiger partial charge in [-0.15, -0.1) is 0 Å². The number of hydrogen-bond donors (Lipinski definition) is 1. The Labute approximate surface area is 169 Å². The van der Waals surface area contributed by atoms with Gasteiger partial charge in [-0.25, -0.2) is 0 Å². The lowest BCUT2D eigenvalue weighted by Crippen LogP contribution is -2.52. The molecule has 154 valence electrons. The molecule has 4 rings (SSSR count). The number of amides is 2. The van der Waals surface area contributed by atoms with Crippen LogP contribution in [0.4, 0.5) is 17.3 Å². The largest absolute Gasteiger partial charge is 0.482 e. The summed E-state index contributed by atoms with van der Waals surface area (Å²) < 4.78 is 10.8. The van der Waals surface area contributed by atoms with Gasteiger partial charge in [-0.3, -0.25) is 19.3 Å². The van der Waals surface area contributed by atoms with Gasteiger partial charge in [0.25, 0.3) is 17.6 Å². The summed E-state index contributed by atoms with van der Waals surface area (Å²) in [4.78, 5) is 52.9. The summed E-state index contributed by atoms with van der Waals surface area (Å²) in [7, 11) is 0. The molecule has 2 atom stereocenters. The number of nitrogens with zero attached hydrogens (tertiary/aromatic N) is 3. The molecule has 2 aliphatic rings. The molecule has 0 aliphatic carbocycles. The number of carbonyl (C=O) groups excluding carboxylic acids is 3. The Kier molecular flexibility index (Phi) is 4.57. The fourth-order valence-corrected chi connectivity index (χ4v) is 3.30. The van der Waals surface area contributed by atoms with Gasteiger partial charge in [0.05, 0.1) is 5.69 Å². The third-order valence-corrected chi connectivity index (χ3v) is 4.79. The van der Waals surface area contributed by atoms with Crippen LogP contribution in [-0.2, 0) is 9.59 Å². The Morgan fingerprint density at radius 3 is 2.77 bits per heavy atom. The topological polar surface area (TPSA) is 141 Å². The highest BCUT2D eigenvalue weighted by molar-refractivity contribution is 6.10. The molecule has 0 radical (unpaired) electrons. The molecule has 0 saturated heterocycles. The molecule has 0 fully saturated rings. The average Bonchev–Trinajstić information content (AvgIpc) is 2.72. The van der Waals surface area contributed by atoms with Crippen LogP contribution in [0.25, 0.3) is 0 Å². The Bertz CT molecular complexity index is 1100. The Morgan fingerprint density at radius 2 is 2.03 bits per heavy atom. The quantitative estimate of drug-likeness (QED) is 0.454. The van der Waals surface area contributed by atoms with Gasteiger partial charge in [0.15, 0.2) is 24.2 Å². The number of carbonyl (C=O) groups is 3. The van der Waals surface area contributed by atoms with E-state index in [2.05, 4.69) is 10.3 Å². The van der Waals surface area contributed by atoms with Crippen molar-refractivity contribution in [2.75, 3.05) is 16.8 Å². The van der Waals surface area contributed by atoms with Crippen molar-refractivity contribution in [1.82, 2.24) is 4.98 Å². The normalized spacial score (nSPS) is 18.3. The Morgan fingerprint density at radius 1 is 1.30 bits per heavy atom. The summed E-state index contributed by atoms with van der Waals surface area (Å²) in [5.74, 6) is -1.32. The van der Waals surface area contributed by atoms with Crippen molar-refractivity contribution in [3.8, 4) is 11.5 Å². The first-order valence-corrected chi connectivity index (χ1v) is 9.02. The zero-order valence-corrected chi connectivity index (χ0v) is 15.9. The van der Waals surface area contributed by atoms with Crippen molar-refractivity contribution in [3.63, 3.8) is 0 Å². The number of Topliss-reactive ketones (excluding diaryl/α,β-unsaturated/α-hetero) is 1. The number of hydrogen-bond acceptors (Lipinski definition) is 8. The third kappa shape index (κ3) is 3.19. The fourth-order valence-electron chi connectivity index (χ4n) is 3.30. The predicted octanol–water partition coefficient (Wildman–Crippen LogP) is 1.71. The average molecular weight is 412 g/mol. The molecule has 0 bridgehead atoms. The molecular weight excluding hydrogens is 396 g/mol. The summed E-state index contributed by atoms with van der Waals surface area (Å²) in [6.45, 7) is 2.90. The molecule has 1 N–H and O–H groups in total. The maximum absolute atomic E-state index is 13.1. The number of nitrogens with one attached hydrogen (secondary N) is 1. The minimum absolute atomic E-state index is 0.0947. The van der Waals surface area contributed by atoms with Gasteiger partial charge in [-0.05, 0) is 48.0 Å². The third-order valence-electron chi connectivity index (χ3n) is 4.79. The van der Waals surface area contributed by atoms with Crippen LogP contribution in [-0.4, -0.2) is 46.3 Å². The first-order valence-electron chi connectivity index (χ1n) is 9.02. The van der Waals surface area contributed by atoms with Crippen molar-refractivity contribution < 1.29 is 28.8 Å². The molecule has 0 saturated carbocycles. The summed E-state index contributed by atoms with van der Waals surface area (Å²) in [6.07, 6.45) is -0.896. The number of anilines is 2. The van der Waals surface area contributed by atoms with Crippen molar-refractivity contribution in [3.05, 3.63) is 46.0 Å². The summed E-state index contributed by atoms with van der Waals surface area (Å²) >= 11 is 0. The zero-order chi connectivity index (χ0) is 21.6. The second kappa shape index (κ2) is 7.10. The molecule has 2 aliphatic heterocycles. The van der Waals surface area contributed by atoms with E-state index in [0.717, 1.165) is 11.0 Å². The lowest BCUT2D eigenvalue weighted by atomic mass is 10.0. The fraction of sp³-hybridized carbons (Fsp3) is 0.263. The zero-order valence-electron chi connectivity index (χ0n) is 15.9. The number of aromatic nitrogens is 1. The van der Waals surface area contributed by atoms with Crippen LogP contribution in [0.5, 0.6) is 11.5 Å². The highest BCUT2D eigenvalue weighted by Crippen LogP contribution is 2.36. The van der Waals surface area contributed by atoms with Gasteiger partial charge in [0.2, 0.25) is 0 Å². The van der Waals surface area contributed by atoms with E-state index in [-0.39, 0.29) is 29.6 Å². The van der Waals surface area contributed by atoms with Crippen LogP contribution in [0.15, 0.2) is 30.3 Å². The van der Waals surface area contributed by atoms with E-state index in [0.29, 0.717) is 11.4 Å².